The summed E-state index contributed by atoms with van der Waals surface area (Å²) in [4.78, 5) is 33.1. The molecule has 3 heterocycles. The molecule has 0 bridgehead atoms. The Morgan fingerprint density at radius 2 is 1.53 bits per heavy atom. The van der Waals surface area contributed by atoms with Crippen LogP contribution < -0.4 is 5.32 Å². The number of sulfonamides is 1. The minimum absolute atomic E-state index is 0.00385. The average molecular weight is 651 g/mol. The number of likely N-dealkylation sites (tertiary alicyclic amines) is 1. The van der Waals surface area contributed by atoms with E-state index in [1.54, 1.807) is 12.1 Å². The second-order valence-corrected chi connectivity index (χ2v) is 16.1. The first kappa shape index (κ1) is 33.3. The third-order valence-corrected chi connectivity index (χ3v) is 11.3. The summed E-state index contributed by atoms with van der Waals surface area (Å²) >= 11 is 1.49. The number of rotatable bonds is 11. The molecular weight excluding hydrogens is 605 g/mol. The monoisotopic (exact) mass is 650 g/mol. The first-order chi connectivity index (χ1) is 21.5. The maximum absolute atomic E-state index is 13.9. The quantitative estimate of drug-likeness (QED) is 0.256. The van der Waals surface area contributed by atoms with Gasteiger partial charge >= 0.3 is 0 Å². The van der Waals surface area contributed by atoms with Crippen LogP contribution in [-0.4, -0.2) is 67.1 Å². The number of thiophene rings is 1. The zero-order chi connectivity index (χ0) is 32.1. The van der Waals surface area contributed by atoms with Gasteiger partial charge in [-0.15, -0.1) is 11.3 Å². The van der Waals surface area contributed by atoms with Gasteiger partial charge in [0, 0.05) is 56.3 Å². The highest BCUT2D eigenvalue weighted by Gasteiger charge is 2.32. The number of fused-ring (bicyclic) bond motifs is 1. The summed E-state index contributed by atoms with van der Waals surface area (Å²) in [6.45, 7) is 12.7. The number of nitrogens with zero attached hydrogens (tertiary/aromatic N) is 3. The largest absolute Gasteiger partial charge is 0.339 e. The van der Waals surface area contributed by atoms with Crippen molar-refractivity contribution in [2.75, 3.05) is 38.0 Å². The lowest BCUT2D eigenvalue weighted by atomic mass is 10.00. The summed E-state index contributed by atoms with van der Waals surface area (Å²) < 4.78 is 28.5. The second-order valence-electron chi connectivity index (χ2n) is 13.1. The molecule has 1 N–H and O–H groups in total. The lowest BCUT2D eigenvalue weighted by Gasteiger charge is -2.29. The molecule has 0 spiro atoms. The fourth-order valence-electron chi connectivity index (χ4n) is 6.19. The average Bonchev–Trinajstić information content (AvgIpc) is 3.37. The lowest BCUT2D eigenvalue weighted by Crippen LogP contribution is -2.37. The van der Waals surface area contributed by atoms with E-state index in [4.69, 9.17) is 0 Å². The molecule has 2 aliphatic heterocycles. The van der Waals surface area contributed by atoms with Crippen LogP contribution in [0.5, 0.6) is 0 Å². The van der Waals surface area contributed by atoms with E-state index in [9.17, 15) is 18.0 Å². The Morgan fingerprint density at radius 3 is 2.16 bits per heavy atom. The number of nitrogens with one attached hydrogen (secondary N) is 1. The van der Waals surface area contributed by atoms with Crippen LogP contribution in [-0.2, 0) is 29.5 Å². The standard InChI is InChI=1S/C35H46N4O4S2/c1-25(2)21-39(22-26(3)4)45(42,43)29-15-13-28(14-16-29)33(40)36-34-32(35(41)38-18-9-6-10-19-38)30-17-20-37(24-31(30)44-34)23-27-11-7-5-8-12-27/h5,7-8,11-16,25-26H,6,9-10,17-24H2,1-4H3,(H,36,40). The topological polar surface area (TPSA) is 90.0 Å². The molecule has 2 aliphatic rings. The van der Waals surface area contributed by atoms with E-state index >= 15 is 0 Å². The third-order valence-electron chi connectivity index (χ3n) is 8.36. The Bertz CT molecular complexity index is 1570. The third kappa shape index (κ3) is 8.03. The summed E-state index contributed by atoms with van der Waals surface area (Å²) in [6, 6.07) is 16.5. The molecule has 8 nitrogen and oxygen atoms in total. The normalized spacial score (nSPS) is 15.9. The number of amides is 2. The van der Waals surface area contributed by atoms with Gasteiger partial charge in [0.1, 0.15) is 5.00 Å². The zero-order valence-corrected chi connectivity index (χ0v) is 28.6. The molecule has 0 radical (unpaired) electrons. The molecule has 5 rings (SSSR count). The summed E-state index contributed by atoms with van der Waals surface area (Å²) in [6.07, 6.45) is 3.86. The van der Waals surface area contributed by atoms with Gasteiger partial charge < -0.3 is 10.2 Å². The molecule has 3 aromatic rings. The smallest absolute Gasteiger partial charge is 0.257 e. The van der Waals surface area contributed by atoms with Gasteiger partial charge in [-0.1, -0.05) is 58.0 Å². The van der Waals surface area contributed by atoms with E-state index in [0.717, 1.165) is 68.8 Å². The van der Waals surface area contributed by atoms with Crippen molar-refractivity contribution in [3.05, 3.63) is 81.7 Å². The molecule has 0 aliphatic carbocycles. The molecule has 242 valence electrons. The van der Waals surface area contributed by atoms with Crippen molar-refractivity contribution in [3.8, 4) is 0 Å². The van der Waals surface area contributed by atoms with Crippen molar-refractivity contribution in [1.29, 1.82) is 0 Å². The molecule has 1 saturated heterocycles. The molecule has 1 fully saturated rings. The summed E-state index contributed by atoms with van der Waals surface area (Å²) in [5.74, 6) is 0.0170. The number of anilines is 1. The molecule has 0 unspecified atom stereocenters. The Balaban J connectivity index is 1.38. The van der Waals surface area contributed by atoms with Gasteiger partial charge in [-0.3, -0.25) is 14.5 Å². The highest BCUT2D eigenvalue weighted by atomic mass is 32.2. The van der Waals surface area contributed by atoms with E-state index in [-0.39, 0.29) is 28.5 Å². The van der Waals surface area contributed by atoms with Gasteiger partial charge in [-0.25, -0.2) is 8.42 Å². The highest BCUT2D eigenvalue weighted by Crippen LogP contribution is 2.39. The van der Waals surface area contributed by atoms with Crippen molar-refractivity contribution < 1.29 is 18.0 Å². The molecule has 10 heteroatoms. The predicted octanol–water partition coefficient (Wildman–Crippen LogP) is 6.49. The van der Waals surface area contributed by atoms with Gasteiger partial charge in [0.2, 0.25) is 10.0 Å². The van der Waals surface area contributed by atoms with Crippen LogP contribution in [0.4, 0.5) is 5.00 Å². The van der Waals surface area contributed by atoms with Crippen molar-refractivity contribution in [3.63, 3.8) is 0 Å². The number of carbonyl (C=O) groups is 2. The number of carbonyl (C=O) groups excluding carboxylic acids is 2. The number of hydrogen-bond donors (Lipinski definition) is 1. The van der Waals surface area contributed by atoms with Crippen molar-refractivity contribution in [2.45, 2.75) is 71.4 Å². The number of piperidine rings is 1. The zero-order valence-electron chi connectivity index (χ0n) is 26.9. The van der Waals surface area contributed by atoms with Crippen LogP contribution in [0.3, 0.4) is 0 Å². The Hall–Kier alpha value is -3.05. The van der Waals surface area contributed by atoms with Crippen LogP contribution in [0.15, 0.2) is 59.5 Å². The van der Waals surface area contributed by atoms with Gasteiger partial charge in [-0.2, -0.15) is 4.31 Å². The summed E-state index contributed by atoms with van der Waals surface area (Å²) in [5.41, 5.74) is 3.27. The van der Waals surface area contributed by atoms with Gasteiger partial charge in [0.25, 0.3) is 11.8 Å². The van der Waals surface area contributed by atoms with Crippen molar-refractivity contribution in [1.82, 2.24) is 14.1 Å². The maximum Gasteiger partial charge on any atom is 0.257 e. The first-order valence-corrected chi connectivity index (χ1v) is 18.4. The fourth-order valence-corrected chi connectivity index (χ4v) is 9.23. The Labute approximate surface area is 272 Å². The predicted molar refractivity (Wildman–Crippen MR) is 181 cm³/mol. The molecule has 0 atom stereocenters. The molecule has 2 amide bonds. The van der Waals surface area contributed by atoms with E-state index in [1.165, 1.54) is 33.3 Å². The molecular formula is C35H46N4O4S2. The summed E-state index contributed by atoms with van der Waals surface area (Å²) in [5, 5.41) is 3.64. The molecule has 45 heavy (non-hydrogen) atoms. The van der Waals surface area contributed by atoms with Crippen LogP contribution in [0, 0.1) is 11.8 Å². The lowest BCUT2D eigenvalue weighted by molar-refractivity contribution is 0.0724. The van der Waals surface area contributed by atoms with Crippen LogP contribution in [0.2, 0.25) is 0 Å². The van der Waals surface area contributed by atoms with Crippen LogP contribution >= 0.6 is 11.3 Å². The highest BCUT2D eigenvalue weighted by molar-refractivity contribution is 7.89. The van der Waals surface area contributed by atoms with Crippen LogP contribution in [0.25, 0.3) is 0 Å². The number of benzene rings is 2. The Kier molecular flexibility index (Phi) is 10.8. The van der Waals surface area contributed by atoms with Crippen LogP contribution in [0.1, 0.15) is 83.7 Å². The number of hydrogen-bond acceptors (Lipinski definition) is 6. The fraction of sp³-hybridized carbons (Fsp3) is 0.486. The summed E-state index contributed by atoms with van der Waals surface area (Å²) in [7, 11) is -3.70. The van der Waals surface area contributed by atoms with Gasteiger partial charge in [-0.05, 0) is 72.9 Å². The van der Waals surface area contributed by atoms with Crippen molar-refractivity contribution in [2.24, 2.45) is 11.8 Å². The second kappa shape index (κ2) is 14.6. The Morgan fingerprint density at radius 1 is 0.889 bits per heavy atom. The van der Waals surface area contributed by atoms with E-state index in [1.807, 2.05) is 50.8 Å². The van der Waals surface area contributed by atoms with E-state index in [0.29, 0.717) is 29.2 Å². The minimum atomic E-state index is -3.70. The first-order valence-electron chi connectivity index (χ1n) is 16.1. The van der Waals surface area contributed by atoms with E-state index < -0.39 is 10.0 Å². The van der Waals surface area contributed by atoms with Gasteiger partial charge in [0.05, 0.1) is 10.5 Å². The minimum Gasteiger partial charge on any atom is -0.339 e. The SMILES string of the molecule is CC(C)CN(CC(C)C)S(=O)(=O)c1ccc(C(=O)Nc2sc3c(c2C(=O)N2CCCCC2)CCN(Cc2ccccc2)C3)cc1. The molecule has 1 aromatic heterocycles. The van der Waals surface area contributed by atoms with E-state index in [2.05, 4.69) is 22.3 Å². The maximum atomic E-state index is 13.9. The molecule has 2 aromatic carbocycles. The molecule has 0 saturated carbocycles. The van der Waals surface area contributed by atoms with Gasteiger partial charge in [0.15, 0.2) is 0 Å². The van der Waals surface area contributed by atoms with Crippen molar-refractivity contribution >= 4 is 38.2 Å².